The van der Waals surface area contributed by atoms with Gasteiger partial charge in [0.2, 0.25) is 5.69 Å². The van der Waals surface area contributed by atoms with E-state index in [9.17, 15) is 0 Å². The fourth-order valence-electron chi connectivity index (χ4n) is 4.95. The van der Waals surface area contributed by atoms with Crippen molar-refractivity contribution in [3.63, 3.8) is 0 Å². The zero-order valence-corrected chi connectivity index (χ0v) is 17.1. The summed E-state index contributed by atoms with van der Waals surface area (Å²) in [4.78, 5) is 0. The van der Waals surface area contributed by atoms with E-state index in [-0.39, 0.29) is 0 Å². The van der Waals surface area contributed by atoms with E-state index in [1.807, 2.05) is 6.07 Å². The maximum atomic E-state index is 6.44. The number of furan rings is 1. The first-order chi connectivity index (χ1) is 14.0. The van der Waals surface area contributed by atoms with Gasteiger partial charge in [-0.2, -0.15) is 0 Å². The number of pyridine rings is 1. The standard InChI is InChI=1S/C27H22NO/c1-15-11-18-9-10-28(4)26-22(14-19(12-15)25(18)26)24-17(3)16(2)13-21-20-7-5-6-8-23(20)29-27(21)24/h5-14H,1-4H3/q+1. The van der Waals surface area contributed by atoms with Gasteiger partial charge in [-0.05, 0) is 66.6 Å². The van der Waals surface area contributed by atoms with E-state index in [0.29, 0.717) is 0 Å². The van der Waals surface area contributed by atoms with Crippen molar-refractivity contribution < 1.29 is 8.98 Å². The van der Waals surface area contributed by atoms with Crippen LogP contribution in [0, 0.1) is 20.8 Å². The van der Waals surface area contributed by atoms with E-state index in [2.05, 4.69) is 87.1 Å². The second kappa shape index (κ2) is 5.57. The highest BCUT2D eigenvalue weighted by Gasteiger charge is 2.30. The van der Waals surface area contributed by atoms with Crippen LogP contribution in [0.25, 0.3) is 44.4 Å². The molecule has 1 aliphatic carbocycles. The van der Waals surface area contributed by atoms with Crippen LogP contribution < -0.4 is 4.57 Å². The Bertz CT molecular complexity index is 1530. The maximum absolute atomic E-state index is 6.44. The fourth-order valence-corrected chi connectivity index (χ4v) is 4.95. The molecule has 0 amide bonds. The second-order valence-electron chi connectivity index (χ2n) is 8.32. The lowest BCUT2D eigenvalue weighted by molar-refractivity contribution is -0.672. The topological polar surface area (TPSA) is 17.0 Å². The number of nitrogens with zero attached hydrogens (tertiary/aromatic N) is 1. The summed E-state index contributed by atoms with van der Waals surface area (Å²) < 4.78 is 8.69. The van der Waals surface area contributed by atoms with Crippen LogP contribution >= 0.6 is 0 Å². The third kappa shape index (κ3) is 2.14. The Morgan fingerprint density at radius 1 is 0.897 bits per heavy atom. The smallest absolute Gasteiger partial charge is 0.221 e. The SMILES string of the molecule is Cc1cc2c3c([n+](C)ccc3c1)C(c1c(C)c(C)cc3c1oc1ccccc13)=C2. The van der Waals surface area contributed by atoms with Gasteiger partial charge in [0.05, 0.1) is 11.0 Å². The first kappa shape index (κ1) is 16.6. The van der Waals surface area contributed by atoms with E-state index in [1.54, 1.807) is 0 Å². The third-order valence-corrected chi connectivity index (χ3v) is 6.42. The highest BCUT2D eigenvalue weighted by atomic mass is 16.3. The van der Waals surface area contributed by atoms with E-state index < -0.39 is 0 Å². The Morgan fingerprint density at radius 2 is 1.72 bits per heavy atom. The zero-order valence-electron chi connectivity index (χ0n) is 17.1. The summed E-state index contributed by atoms with van der Waals surface area (Å²) in [6, 6.07) is 17.4. The summed E-state index contributed by atoms with van der Waals surface area (Å²) in [7, 11) is 2.14. The van der Waals surface area contributed by atoms with Gasteiger partial charge in [-0.1, -0.05) is 30.3 Å². The molecule has 2 heterocycles. The summed E-state index contributed by atoms with van der Waals surface area (Å²) in [5.74, 6) is 0. The van der Waals surface area contributed by atoms with Gasteiger partial charge in [0, 0.05) is 22.4 Å². The van der Waals surface area contributed by atoms with E-state index >= 15 is 0 Å². The normalized spacial score (nSPS) is 13.0. The van der Waals surface area contributed by atoms with Crippen LogP contribution in [0.1, 0.15) is 33.5 Å². The quantitative estimate of drug-likeness (QED) is 0.304. The molecule has 0 saturated carbocycles. The predicted octanol–water partition coefficient (Wildman–Crippen LogP) is 6.39. The summed E-state index contributed by atoms with van der Waals surface area (Å²) in [6.45, 7) is 6.59. The van der Waals surface area contributed by atoms with E-state index in [0.717, 1.165) is 11.2 Å². The number of aromatic nitrogens is 1. The third-order valence-electron chi connectivity index (χ3n) is 6.42. The molecule has 5 aromatic rings. The number of rotatable bonds is 1. The van der Waals surface area contributed by atoms with Crippen LogP contribution in [-0.4, -0.2) is 0 Å². The molecule has 0 unspecified atom stereocenters. The van der Waals surface area contributed by atoms with Crippen molar-refractivity contribution in [2.75, 3.05) is 0 Å². The molecule has 0 spiro atoms. The summed E-state index contributed by atoms with van der Waals surface area (Å²) in [5.41, 5.74) is 10.8. The summed E-state index contributed by atoms with van der Waals surface area (Å²) >= 11 is 0. The van der Waals surface area contributed by atoms with E-state index in [4.69, 9.17) is 4.42 Å². The molecule has 6 rings (SSSR count). The van der Waals surface area contributed by atoms with Gasteiger partial charge in [0.1, 0.15) is 18.2 Å². The molecule has 2 heteroatoms. The van der Waals surface area contributed by atoms with Crippen LogP contribution in [0.5, 0.6) is 0 Å². The molecule has 0 saturated heterocycles. The number of hydrogen-bond acceptors (Lipinski definition) is 1. The van der Waals surface area contributed by atoms with E-state index in [1.165, 1.54) is 60.6 Å². The van der Waals surface area contributed by atoms with Crippen LogP contribution in [-0.2, 0) is 7.05 Å². The molecule has 0 atom stereocenters. The van der Waals surface area contributed by atoms with Crippen molar-refractivity contribution >= 4 is 44.4 Å². The van der Waals surface area contributed by atoms with Crippen molar-refractivity contribution in [3.05, 3.63) is 88.2 Å². The van der Waals surface area contributed by atoms with Gasteiger partial charge in [0.15, 0.2) is 6.20 Å². The predicted molar refractivity (Wildman–Crippen MR) is 120 cm³/mol. The molecule has 0 fully saturated rings. The molecule has 29 heavy (non-hydrogen) atoms. The van der Waals surface area contributed by atoms with Gasteiger partial charge in [-0.25, -0.2) is 4.57 Å². The Balaban J connectivity index is 1.78. The Labute approximate surface area is 169 Å². The lowest BCUT2D eigenvalue weighted by Gasteiger charge is -2.11. The zero-order chi connectivity index (χ0) is 19.9. The van der Waals surface area contributed by atoms with Gasteiger partial charge in [-0.3, -0.25) is 0 Å². The van der Waals surface area contributed by atoms with Gasteiger partial charge < -0.3 is 4.42 Å². The maximum Gasteiger partial charge on any atom is 0.221 e. The molecule has 1 aliphatic rings. The molecule has 0 radical (unpaired) electrons. The number of para-hydroxylation sites is 1. The molecular weight excluding hydrogens is 354 g/mol. The minimum absolute atomic E-state index is 0.947. The number of fused-ring (bicyclic) bond motifs is 3. The Hall–Kier alpha value is -3.39. The van der Waals surface area contributed by atoms with Crippen LogP contribution in [0.3, 0.4) is 0 Å². The average Bonchev–Trinajstić information content (AvgIpc) is 3.25. The highest BCUT2D eigenvalue weighted by molar-refractivity contribution is 6.17. The minimum Gasteiger partial charge on any atom is -0.455 e. The Kier molecular flexibility index (Phi) is 3.18. The summed E-state index contributed by atoms with van der Waals surface area (Å²) in [5, 5.41) is 5.01. The number of benzene rings is 3. The fraction of sp³-hybridized carbons (Fsp3) is 0.148. The largest absolute Gasteiger partial charge is 0.455 e. The monoisotopic (exact) mass is 376 g/mol. The van der Waals surface area contributed by atoms with Gasteiger partial charge in [-0.15, -0.1) is 0 Å². The summed E-state index contributed by atoms with van der Waals surface area (Å²) in [6.07, 6.45) is 4.51. The molecule has 2 aromatic heterocycles. The van der Waals surface area contributed by atoms with Crippen LogP contribution in [0.2, 0.25) is 0 Å². The molecule has 0 aliphatic heterocycles. The van der Waals surface area contributed by atoms with Crippen molar-refractivity contribution in [2.45, 2.75) is 20.8 Å². The van der Waals surface area contributed by atoms with Crippen LogP contribution in [0.4, 0.5) is 0 Å². The lowest BCUT2D eigenvalue weighted by Crippen LogP contribution is -2.32. The van der Waals surface area contributed by atoms with Crippen molar-refractivity contribution in [1.29, 1.82) is 0 Å². The lowest BCUT2D eigenvalue weighted by atomic mass is 9.92. The minimum atomic E-state index is 0.947. The molecule has 3 aromatic carbocycles. The molecule has 0 N–H and O–H groups in total. The average molecular weight is 376 g/mol. The number of aryl methyl sites for hydroxylation is 3. The van der Waals surface area contributed by atoms with Crippen molar-refractivity contribution in [3.8, 4) is 0 Å². The first-order valence-corrected chi connectivity index (χ1v) is 10.1. The molecular formula is C27H22NO+. The first-order valence-electron chi connectivity index (χ1n) is 10.1. The molecule has 2 nitrogen and oxygen atoms in total. The van der Waals surface area contributed by atoms with Gasteiger partial charge in [0.25, 0.3) is 0 Å². The van der Waals surface area contributed by atoms with Crippen LogP contribution in [0.15, 0.2) is 59.1 Å². The highest BCUT2D eigenvalue weighted by Crippen LogP contribution is 2.44. The Morgan fingerprint density at radius 3 is 2.59 bits per heavy atom. The second-order valence-corrected chi connectivity index (χ2v) is 8.32. The van der Waals surface area contributed by atoms with Gasteiger partial charge >= 0.3 is 0 Å². The molecule has 0 bridgehead atoms. The molecule has 140 valence electrons. The van der Waals surface area contributed by atoms with Crippen molar-refractivity contribution in [2.24, 2.45) is 7.05 Å². The van der Waals surface area contributed by atoms with Crippen molar-refractivity contribution in [1.82, 2.24) is 0 Å². The number of hydrogen-bond donors (Lipinski definition) is 0.